The van der Waals surface area contributed by atoms with Crippen molar-refractivity contribution in [2.75, 3.05) is 19.6 Å². The van der Waals surface area contributed by atoms with Crippen molar-refractivity contribution in [3.05, 3.63) is 0 Å². The molecule has 2 unspecified atom stereocenters. The van der Waals surface area contributed by atoms with Crippen LogP contribution in [0.25, 0.3) is 0 Å². The van der Waals surface area contributed by atoms with Gasteiger partial charge in [0.2, 0.25) is 0 Å². The molecule has 1 fully saturated rings. The standard InChI is InChI=1S/C18H38N2/c1-4-6-7-8-9-10-11-15-20-16-18(12-5-2)19-14-13-17(20)3/h17-19H,4-16H2,1-3H3. The quantitative estimate of drug-likeness (QED) is 0.590. The predicted octanol–water partition coefficient (Wildman–Crippen LogP) is 4.59. The number of rotatable bonds is 10. The highest BCUT2D eigenvalue weighted by Crippen LogP contribution is 2.14. The van der Waals surface area contributed by atoms with Crippen LogP contribution in [0.15, 0.2) is 0 Å². The Labute approximate surface area is 127 Å². The van der Waals surface area contributed by atoms with E-state index in [1.54, 1.807) is 0 Å². The first-order valence-corrected chi connectivity index (χ1v) is 9.25. The summed E-state index contributed by atoms with van der Waals surface area (Å²) in [6.07, 6.45) is 13.9. The highest BCUT2D eigenvalue weighted by molar-refractivity contribution is 4.80. The smallest absolute Gasteiger partial charge is 0.0195 e. The van der Waals surface area contributed by atoms with Crippen molar-refractivity contribution in [1.29, 1.82) is 0 Å². The molecule has 0 spiro atoms. The van der Waals surface area contributed by atoms with Crippen LogP contribution in [0.3, 0.4) is 0 Å². The topological polar surface area (TPSA) is 15.3 Å². The molecule has 20 heavy (non-hydrogen) atoms. The third-order valence-electron chi connectivity index (χ3n) is 4.76. The molecule has 0 aromatic carbocycles. The largest absolute Gasteiger partial charge is 0.313 e. The Bertz CT molecular complexity index is 217. The van der Waals surface area contributed by atoms with Gasteiger partial charge in [-0.05, 0) is 39.3 Å². The van der Waals surface area contributed by atoms with Crippen LogP contribution in [0.1, 0.15) is 85.0 Å². The van der Waals surface area contributed by atoms with Gasteiger partial charge in [-0.3, -0.25) is 4.90 Å². The zero-order valence-electron chi connectivity index (χ0n) is 14.3. The van der Waals surface area contributed by atoms with E-state index in [1.807, 2.05) is 0 Å². The summed E-state index contributed by atoms with van der Waals surface area (Å²) >= 11 is 0. The second-order valence-corrected chi connectivity index (χ2v) is 6.69. The summed E-state index contributed by atoms with van der Waals surface area (Å²) in [7, 11) is 0. The van der Waals surface area contributed by atoms with Gasteiger partial charge in [0.1, 0.15) is 0 Å². The highest BCUT2D eigenvalue weighted by atomic mass is 15.2. The molecule has 0 aliphatic carbocycles. The molecule has 0 aromatic rings. The lowest BCUT2D eigenvalue weighted by molar-refractivity contribution is 0.197. The van der Waals surface area contributed by atoms with Crippen LogP contribution < -0.4 is 5.32 Å². The summed E-state index contributed by atoms with van der Waals surface area (Å²) in [5, 5.41) is 3.73. The van der Waals surface area contributed by atoms with Crippen molar-refractivity contribution in [2.24, 2.45) is 0 Å². The maximum Gasteiger partial charge on any atom is 0.0195 e. The van der Waals surface area contributed by atoms with Gasteiger partial charge in [-0.25, -0.2) is 0 Å². The Morgan fingerprint density at radius 1 is 0.950 bits per heavy atom. The fourth-order valence-corrected chi connectivity index (χ4v) is 3.33. The van der Waals surface area contributed by atoms with Crippen molar-refractivity contribution < 1.29 is 0 Å². The van der Waals surface area contributed by atoms with Gasteiger partial charge >= 0.3 is 0 Å². The van der Waals surface area contributed by atoms with E-state index in [1.165, 1.54) is 83.8 Å². The van der Waals surface area contributed by atoms with Crippen LogP contribution in [0.4, 0.5) is 0 Å². The molecule has 1 rings (SSSR count). The van der Waals surface area contributed by atoms with Gasteiger partial charge in [0.25, 0.3) is 0 Å². The second kappa shape index (κ2) is 11.6. The first-order valence-electron chi connectivity index (χ1n) is 9.25. The Balaban J connectivity index is 2.15. The van der Waals surface area contributed by atoms with Crippen LogP contribution in [-0.2, 0) is 0 Å². The molecule has 0 aromatic heterocycles. The third kappa shape index (κ3) is 7.64. The van der Waals surface area contributed by atoms with Crippen molar-refractivity contribution in [3.8, 4) is 0 Å². The molecule has 0 saturated carbocycles. The first-order chi connectivity index (χ1) is 9.77. The van der Waals surface area contributed by atoms with Gasteiger partial charge in [0, 0.05) is 18.6 Å². The minimum absolute atomic E-state index is 0.731. The molecular formula is C18H38N2. The van der Waals surface area contributed by atoms with Crippen LogP contribution in [0, 0.1) is 0 Å². The van der Waals surface area contributed by atoms with Gasteiger partial charge in [0.15, 0.2) is 0 Å². The number of nitrogens with one attached hydrogen (secondary N) is 1. The number of hydrogen-bond acceptors (Lipinski definition) is 2. The van der Waals surface area contributed by atoms with E-state index in [2.05, 4.69) is 31.0 Å². The normalized spacial score (nSPS) is 24.8. The molecule has 2 nitrogen and oxygen atoms in total. The van der Waals surface area contributed by atoms with Crippen LogP contribution >= 0.6 is 0 Å². The molecule has 2 heteroatoms. The molecular weight excluding hydrogens is 244 g/mol. The van der Waals surface area contributed by atoms with Gasteiger partial charge in [-0.2, -0.15) is 0 Å². The molecule has 1 aliphatic rings. The van der Waals surface area contributed by atoms with E-state index in [4.69, 9.17) is 0 Å². The second-order valence-electron chi connectivity index (χ2n) is 6.69. The molecule has 2 atom stereocenters. The molecule has 0 radical (unpaired) electrons. The Morgan fingerprint density at radius 3 is 2.35 bits per heavy atom. The summed E-state index contributed by atoms with van der Waals surface area (Å²) in [5.41, 5.74) is 0. The van der Waals surface area contributed by atoms with E-state index in [9.17, 15) is 0 Å². The maximum absolute atomic E-state index is 3.73. The third-order valence-corrected chi connectivity index (χ3v) is 4.76. The summed E-state index contributed by atoms with van der Waals surface area (Å²) in [6.45, 7) is 10.8. The zero-order valence-corrected chi connectivity index (χ0v) is 14.3. The molecule has 120 valence electrons. The summed E-state index contributed by atoms with van der Waals surface area (Å²) in [5.74, 6) is 0. The highest BCUT2D eigenvalue weighted by Gasteiger charge is 2.21. The SMILES string of the molecule is CCCCCCCCCN1CC(CCC)NCCC1C. The fourth-order valence-electron chi connectivity index (χ4n) is 3.33. The van der Waals surface area contributed by atoms with E-state index in [0.29, 0.717) is 0 Å². The average Bonchev–Trinajstić information content (AvgIpc) is 2.61. The lowest BCUT2D eigenvalue weighted by atomic mass is 10.1. The van der Waals surface area contributed by atoms with Gasteiger partial charge in [-0.15, -0.1) is 0 Å². The Kier molecular flexibility index (Phi) is 10.4. The number of nitrogens with zero attached hydrogens (tertiary/aromatic N) is 1. The van der Waals surface area contributed by atoms with Crippen molar-refractivity contribution >= 4 is 0 Å². The molecule has 1 saturated heterocycles. The zero-order chi connectivity index (χ0) is 14.6. The predicted molar refractivity (Wildman–Crippen MR) is 90.3 cm³/mol. The lowest BCUT2D eigenvalue weighted by Crippen LogP contribution is -2.40. The summed E-state index contributed by atoms with van der Waals surface area (Å²) < 4.78 is 0. The molecule has 1 heterocycles. The van der Waals surface area contributed by atoms with Gasteiger partial charge in [0.05, 0.1) is 0 Å². The van der Waals surface area contributed by atoms with E-state index in [0.717, 1.165) is 12.1 Å². The van der Waals surface area contributed by atoms with Gasteiger partial charge < -0.3 is 5.32 Å². The van der Waals surface area contributed by atoms with E-state index < -0.39 is 0 Å². The van der Waals surface area contributed by atoms with Crippen molar-refractivity contribution in [2.45, 2.75) is 97.1 Å². The Hall–Kier alpha value is -0.0800. The lowest BCUT2D eigenvalue weighted by Gasteiger charge is -2.29. The number of unbranched alkanes of at least 4 members (excludes halogenated alkanes) is 6. The molecule has 1 aliphatic heterocycles. The van der Waals surface area contributed by atoms with Crippen LogP contribution in [0.5, 0.6) is 0 Å². The minimum Gasteiger partial charge on any atom is -0.313 e. The van der Waals surface area contributed by atoms with Crippen LogP contribution in [0.2, 0.25) is 0 Å². The van der Waals surface area contributed by atoms with Gasteiger partial charge in [-0.1, -0.05) is 58.8 Å². The van der Waals surface area contributed by atoms with Crippen LogP contribution in [-0.4, -0.2) is 36.6 Å². The Morgan fingerprint density at radius 2 is 1.65 bits per heavy atom. The number of hydrogen-bond donors (Lipinski definition) is 1. The molecule has 0 bridgehead atoms. The monoisotopic (exact) mass is 282 g/mol. The fraction of sp³-hybridized carbons (Fsp3) is 1.00. The summed E-state index contributed by atoms with van der Waals surface area (Å²) in [6, 6.07) is 1.50. The average molecular weight is 283 g/mol. The van der Waals surface area contributed by atoms with E-state index >= 15 is 0 Å². The maximum atomic E-state index is 3.73. The van der Waals surface area contributed by atoms with Crippen molar-refractivity contribution in [1.82, 2.24) is 10.2 Å². The molecule has 0 amide bonds. The van der Waals surface area contributed by atoms with E-state index in [-0.39, 0.29) is 0 Å². The first kappa shape index (κ1) is 18.0. The minimum atomic E-state index is 0.731. The summed E-state index contributed by atoms with van der Waals surface area (Å²) in [4.78, 5) is 2.74. The van der Waals surface area contributed by atoms with Crippen molar-refractivity contribution in [3.63, 3.8) is 0 Å². The molecule has 1 N–H and O–H groups in total.